The number of hydrogen-bond donors (Lipinski definition) is 0. The molecule has 4 heteroatoms. The predicted molar refractivity (Wildman–Crippen MR) is 56.5 cm³/mol. The van der Waals surface area contributed by atoms with Gasteiger partial charge in [0.1, 0.15) is 10.1 Å². The second-order valence-electron chi connectivity index (χ2n) is 4.36. The summed E-state index contributed by atoms with van der Waals surface area (Å²) in [6.07, 6.45) is 4.95. The van der Waals surface area contributed by atoms with Crippen LogP contribution in [-0.4, -0.2) is 11.6 Å². The lowest BCUT2D eigenvalue weighted by atomic mass is 9.74. The van der Waals surface area contributed by atoms with Crippen molar-refractivity contribution >= 4 is 34.8 Å². The van der Waals surface area contributed by atoms with Crippen molar-refractivity contribution < 1.29 is 9.59 Å². The molecule has 1 fully saturated rings. The van der Waals surface area contributed by atoms with E-state index in [-0.39, 0.29) is 45.3 Å². The van der Waals surface area contributed by atoms with E-state index in [4.69, 9.17) is 23.2 Å². The van der Waals surface area contributed by atoms with Crippen LogP contribution < -0.4 is 0 Å². The van der Waals surface area contributed by atoms with Crippen molar-refractivity contribution in [1.82, 2.24) is 0 Å². The maximum Gasteiger partial charge on any atom is 0.180 e. The summed E-state index contributed by atoms with van der Waals surface area (Å²) in [5, 5.41) is -0.132. The van der Waals surface area contributed by atoms with Crippen molar-refractivity contribution in [2.75, 3.05) is 0 Å². The lowest BCUT2D eigenvalue weighted by Gasteiger charge is -2.29. The number of ketones is 2. The Balaban J connectivity index is 2.13. The average molecular weight is 243 g/mol. The molecule has 0 aliphatic heterocycles. The molecule has 78 valence electrons. The van der Waals surface area contributed by atoms with Crippen LogP contribution in [0.4, 0.5) is 0 Å². The fraction of sp³-hybridized carbons (Fsp3) is 0.455. The largest absolute Gasteiger partial charge is 0.293 e. The second kappa shape index (κ2) is 2.96. The standard InChI is InChI=1S/C11H8Cl2O2/c12-8-9(13)11(15)7-5-2-1-4(3-5)6(7)10(8)14/h1-2,4-7H,3H2/t4-,5-,6-,7-/m1/s1. The molecule has 1 saturated carbocycles. The number of fused-ring (bicyclic) bond motifs is 5. The van der Waals surface area contributed by atoms with Crippen LogP contribution in [0.5, 0.6) is 0 Å². The van der Waals surface area contributed by atoms with Gasteiger partial charge >= 0.3 is 0 Å². The Morgan fingerprint density at radius 3 is 1.73 bits per heavy atom. The van der Waals surface area contributed by atoms with E-state index in [1.54, 1.807) is 0 Å². The molecule has 4 atom stereocenters. The lowest BCUT2D eigenvalue weighted by Crippen LogP contribution is -2.37. The third-order valence-corrected chi connectivity index (χ3v) is 4.54. The zero-order valence-corrected chi connectivity index (χ0v) is 9.26. The molecule has 0 spiro atoms. The molecular formula is C11H8Cl2O2. The molecule has 0 aromatic rings. The van der Waals surface area contributed by atoms with E-state index in [9.17, 15) is 9.59 Å². The number of halogens is 2. The van der Waals surface area contributed by atoms with Gasteiger partial charge in [0.2, 0.25) is 0 Å². The molecule has 2 bridgehead atoms. The van der Waals surface area contributed by atoms with Crippen LogP contribution in [0.25, 0.3) is 0 Å². The summed E-state index contributed by atoms with van der Waals surface area (Å²) in [6, 6.07) is 0. The Kier molecular flexibility index (Phi) is 1.89. The van der Waals surface area contributed by atoms with E-state index in [1.807, 2.05) is 12.2 Å². The van der Waals surface area contributed by atoms with E-state index in [0.717, 1.165) is 6.42 Å². The van der Waals surface area contributed by atoms with Gasteiger partial charge in [-0.1, -0.05) is 35.4 Å². The first-order valence-electron chi connectivity index (χ1n) is 4.93. The Morgan fingerprint density at radius 1 is 0.933 bits per heavy atom. The summed E-state index contributed by atoms with van der Waals surface area (Å²) in [5.41, 5.74) is 0. The maximum absolute atomic E-state index is 11.9. The summed E-state index contributed by atoms with van der Waals surface area (Å²) in [5.74, 6) is -0.416. The van der Waals surface area contributed by atoms with Gasteiger partial charge in [0.25, 0.3) is 0 Å². The number of allylic oxidation sites excluding steroid dienone is 4. The normalized spacial score (nSPS) is 42.8. The van der Waals surface area contributed by atoms with Gasteiger partial charge in [0, 0.05) is 11.8 Å². The highest BCUT2D eigenvalue weighted by Crippen LogP contribution is 2.53. The number of Topliss-reactive ketones (excluding diaryl/α,β-unsaturated/α-hetero) is 2. The van der Waals surface area contributed by atoms with Crippen molar-refractivity contribution in [3.05, 3.63) is 22.2 Å². The Labute approximate surface area is 96.9 Å². The summed E-state index contributed by atoms with van der Waals surface area (Å²) in [4.78, 5) is 23.8. The minimum absolute atomic E-state index is 0.0659. The number of rotatable bonds is 0. The Bertz CT molecular complexity index is 398. The van der Waals surface area contributed by atoms with Crippen LogP contribution in [0, 0.1) is 23.7 Å². The van der Waals surface area contributed by atoms with Crippen LogP contribution in [0.3, 0.4) is 0 Å². The number of carbonyl (C=O) groups is 2. The van der Waals surface area contributed by atoms with Crippen LogP contribution in [-0.2, 0) is 9.59 Å². The van der Waals surface area contributed by atoms with Gasteiger partial charge in [-0.15, -0.1) is 0 Å². The molecule has 0 aromatic heterocycles. The molecule has 0 N–H and O–H groups in total. The molecule has 3 rings (SSSR count). The van der Waals surface area contributed by atoms with Gasteiger partial charge in [0.15, 0.2) is 11.6 Å². The molecule has 0 aromatic carbocycles. The van der Waals surface area contributed by atoms with E-state index >= 15 is 0 Å². The maximum atomic E-state index is 11.9. The monoisotopic (exact) mass is 242 g/mol. The van der Waals surface area contributed by atoms with Gasteiger partial charge in [-0.25, -0.2) is 0 Å². The molecule has 15 heavy (non-hydrogen) atoms. The van der Waals surface area contributed by atoms with E-state index in [0.29, 0.717) is 0 Å². The van der Waals surface area contributed by atoms with Crippen LogP contribution in [0.2, 0.25) is 0 Å². The highest BCUT2D eigenvalue weighted by atomic mass is 35.5. The fourth-order valence-electron chi connectivity index (χ4n) is 3.05. The fourth-order valence-corrected chi connectivity index (χ4v) is 3.48. The van der Waals surface area contributed by atoms with Gasteiger partial charge in [0.05, 0.1) is 0 Å². The molecule has 0 radical (unpaired) electrons. The predicted octanol–water partition coefficient (Wildman–Crippen LogP) is 2.27. The topological polar surface area (TPSA) is 34.1 Å². The minimum Gasteiger partial charge on any atom is -0.293 e. The van der Waals surface area contributed by atoms with Crippen molar-refractivity contribution in [2.24, 2.45) is 23.7 Å². The summed E-state index contributed by atoms with van der Waals surface area (Å²) in [7, 11) is 0. The zero-order valence-electron chi connectivity index (χ0n) is 7.74. The first kappa shape index (κ1) is 9.61. The minimum atomic E-state index is -0.248. The van der Waals surface area contributed by atoms with Crippen molar-refractivity contribution in [3.63, 3.8) is 0 Å². The summed E-state index contributed by atoms with van der Waals surface area (Å²) in [6.45, 7) is 0. The van der Waals surface area contributed by atoms with Crippen molar-refractivity contribution in [1.29, 1.82) is 0 Å². The third-order valence-electron chi connectivity index (χ3n) is 3.69. The first-order valence-corrected chi connectivity index (χ1v) is 5.69. The summed E-state index contributed by atoms with van der Waals surface area (Å²) < 4.78 is 0. The molecule has 0 unspecified atom stereocenters. The molecule has 0 heterocycles. The molecule has 0 saturated heterocycles. The SMILES string of the molecule is O=C1C(Cl)=C(Cl)C(=O)[C@H]2[C@H]1[C@@H]1C=C[C@@H]2C1. The van der Waals surface area contributed by atoms with Crippen LogP contribution in [0.15, 0.2) is 22.2 Å². The number of hydrogen-bond acceptors (Lipinski definition) is 2. The smallest absolute Gasteiger partial charge is 0.180 e. The summed E-state index contributed by atoms with van der Waals surface area (Å²) >= 11 is 11.5. The zero-order chi connectivity index (χ0) is 10.7. The molecule has 3 aliphatic carbocycles. The average Bonchev–Trinajstić information content (AvgIpc) is 2.82. The third kappa shape index (κ3) is 1.07. The Morgan fingerprint density at radius 2 is 1.33 bits per heavy atom. The lowest BCUT2D eigenvalue weighted by molar-refractivity contribution is -0.130. The molecular weight excluding hydrogens is 235 g/mol. The van der Waals surface area contributed by atoms with E-state index in [1.165, 1.54) is 0 Å². The van der Waals surface area contributed by atoms with Crippen LogP contribution >= 0.6 is 23.2 Å². The number of carbonyl (C=O) groups excluding carboxylic acids is 2. The molecule has 0 amide bonds. The van der Waals surface area contributed by atoms with Gasteiger partial charge in [-0.3, -0.25) is 9.59 Å². The quantitative estimate of drug-likeness (QED) is 0.611. The van der Waals surface area contributed by atoms with Gasteiger partial charge in [-0.2, -0.15) is 0 Å². The Hall–Kier alpha value is -0.600. The van der Waals surface area contributed by atoms with Crippen LogP contribution in [0.1, 0.15) is 6.42 Å². The van der Waals surface area contributed by atoms with Gasteiger partial charge < -0.3 is 0 Å². The highest BCUT2D eigenvalue weighted by Gasteiger charge is 2.55. The second-order valence-corrected chi connectivity index (χ2v) is 5.11. The highest BCUT2D eigenvalue weighted by molar-refractivity contribution is 6.56. The van der Waals surface area contributed by atoms with E-state index < -0.39 is 0 Å². The molecule has 2 nitrogen and oxygen atoms in total. The van der Waals surface area contributed by atoms with Crippen molar-refractivity contribution in [2.45, 2.75) is 6.42 Å². The van der Waals surface area contributed by atoms with E-state index in [2.05, 4.69) is 0 Å². The van der Waals surface area contributed by atoms with Gasteiger partial charge in [-0.05, 0) is 18.3 Å². The molecule has 3 aliphatic rings. The van der Waals surface area contributed by atoms with Crippen molar-refractivity contribution in [3.8, 4) is 0 Å². The first-order chi connectivity index (χ1) is 7.11.